The Balaban J connectivity index is 0.000000845. The number of hydrogen-bond acceptors (Lipinski definition) is 3. The predicted octanol–water partition coefficient (Wildman–Crippen LogP) is 2.36. The van der Waals surface area contributed by atoms with Crippen LogP contribution in [-0.2, 0) is 0 Å². The maximum absolute atomic E-state index is 5.72. The van der Waals surface area contributed by atoms with Gasteiger partial charge in [0.1, 0.15) is 5.52 Å². The van der Waals surface area contributed by atoms with Crippen molar-refractivity contribution in [3.8, 4) is 0 Å². The summed E-state index contributed by atoms with van der Waals surface area (Å²) in [6.45, 7) is 1.90. The SMILES string of the molecule is Cc1cnc2cccc(N)c2n1.Cl.Cl. The Kier molecular flexibility index (Phi) is 4.60. The molecular formula is C9H11Cl2N3. The fourth-order valence-corrected chi connectivity index (χ4v) is 1.14. The average Bonchev–Trinajstić information content (AvgIpc) is 2.07. The topological polar surface area (TPSA) is 51.8 Å². The Morgan fingerprint density at radius 1 is 1.21 bits per heavy atom. The van der Waals surface area contributed by atoms with E-state index in [0.29, 0.717) is 5.69 Å². The average molecular weight is 232 g/mol. The summed E-state index contributed by atoms with van der Waals surface area (Å²) < 4.78 is 0. The van der Waals surface area contributed by atoms with Crippen LogP contribution in [-0.4, -0.2) is 9.97 Å². The minimum Gasteiger partial charge on any atom is -0.397 e. The van der Waals surface area contributed by atoms with E-state index in [0.717, 1.165) is 16.7 Å². The standard InChI is InChI=1S/C9H9N3.2ClH/c1-6-5-11-8-4-2-3-7(10)9(8)12-6;;/h2-5H,10H2,1H3;2*1H. The molecule has 0 atom stereocenters. The molecule has 1 aromatic carbocycles. The molecule has 2 aromatic rings. The Morgan fingerprint density at radius 3 is 2.64 bits per heavy atom. The van der Waals surface area contributed by atoms with Crippen LogP contribution in [0.2, 0.25) is 0 Å². The summed E-state index contributed by atoms with van der Waals surface area (Å²) in [5.74, 6) is 0. The van der Waals surface area contributed by atoms with E-state index in [9.17, 15) is 0 Å². The molecular weight excluding hydrogens is 221 g/mol. The number of rotatable bonds is 0. The highest BCUT2D eigenvalue weighted by molar-refractivity contribution is 5.86. The van der Waals surface area contributed by atoms with Gasteiger partial charge in [-0.2, -0.15) is 0 Å². The zero-order valence-electron chi connectivity index (χ0n) is 7.60. The second-order valence-corrected chi connectivity index (χ2v) is 2.73. The van der Waals surface area contributed by atoms with Crippen LogP contribution >= 0.6 is 24.8 Å². The van der Waals surface area contributed by atoms with Crippen LogP contribution in [0.25, 0.3) is 11.0 Å². The molecule has 5 heteroatoms. The van der Waals surface area contributed by atoms with Gasteiger partial charge in [-0.05, 0) is 19.1 Å². The number of benzene rings is 1. The van der Waals surface area contributed by atoms with Gasteiger partial charge in [-0.15, -0.1) is 24.8 Å². The highest BCUT2D eigenvalue weighted by Gasteiger charge is 1.98. The number of fused-ring (bicyclic) bond motifs is 1. The third-order valence-corrected chi connectivity index (χ3v) is 1.72. The monoisotopic (exact) mass is 231 g/mol. The van der Waals surface area contributed by atoms with Crippen molar-refractivity contribution >= 4 is 41.5 Å². The summed E-state index contributed by atoms with van der Waals surface area (Å²) in [5, 5.41) is 0. The molecule has 0 bridgehead atoms. The summed E-state index contributed by atoms with van der Waals surface area (Å²) in [6.07, 6.45) is 1.74. The van der Waals surface area contributed by atoms with Gasteiger partial charge in [-0.25, -0.2) is 4.98 Å². The summed E-state index contributed by atoms with van der Waals surface area (Å²) in [7, 11) is 0. The van der Waals surface area contributed by atoms with Gasteiger partial charge in [0.05, 0.1) is 16.9 Å². The molecule has 0 unspecified atom stereocenters. The summed E-state index contributed by atoms with van der Waals surface area (Å²) >= 11 is 0. The number of aromatic nitrogens is 2. The molecule has 0 aliphatic rings. The molecule has 0 fully saturated rings. The first-order valence-corrected chi connectivity index (χ1v) is 3.75. The molecule has 76 valence electrons. The third-order valence-electron chi connectivity index (χ3n) is 1.72. The number of para-hydroxylation sites is 1. The van der Waals surface area contributed by atoms with Crippen molar-refractivity contribution in [1.82, 2.24) is 9.97 Å². The number of hydrogen-bond donors (Lipinski definition) is 1. The van der Waals surface area contributed by atoms with E-state index in [1.165, 1.54) is 0 Å². The van der Waals surface area contributed by atoms with Crippen LogP contribution in [0.5, 0.6) is 0 Å². The second kappa shape index (κ2) is 4.98. The van der Waals surface area contributed by atoms with E-state index in [-0.39, 0.29) is 24.8 Å². The molecule has 0 saturated heterocycles. The van der Waals surface area contributed by atoms with Crippen molar-refractivity contribution in [2.75, 3.05) is 5.73 Å². The van der Waals surface area contributed by atoms with Crippen molar-refractivity contribution in [2.45, 2.75) is 6.92 Å². The first-order valence-electron chi connectivity index (χ1n) is 3.75. The molecule has 2 N–H and O–H groups in total. The summed E-state index contributed by atoms with van der Waals surface area (Å²) in [6, 6.07) is 5.61. The quantitative estimate of drug-likeness (QED) is 0.709. The first kappa shape index (κ1) is 12.9. The van der Waals surface area contributed by atoms with Crippen molar-refractivity contribution in [1.29, 1.82) is 0 Å². The van der Waals surface area contributed by atoms with E-state index < -0.39 is 0 Å². The van der Waals surface area contributed by atoms with Gasteiger partial charge in [0.15, 0.2) is 0 Å². The zero-order chi connectivity index (χ0) is 8.55. The first-order chi connectivity index (χ1) is 5.77. The lowest BCUT2D eigenvalue weighted by Gasteiger charge is -1.99. The second-order valence-electron chi connectivity index (χ2n) is 2.73. The lowest BCUT2D eigenvalue weighted by Crippen LogP contribution is -1.92. The number of nitrogens with zero attached hydrogens (tertiary/aromatic N) is 2. The molecule has 14 heavy (non-hydrogen) atoms. The maximum Gasteiger partial charge on any atom is 0.112 e. The van der Waals surface area contributed by atoms with Gasteiger partial charge < -0.3 is 5.73 Å². The van der Waals surface area contributed by atoms with Crippen LogP contribution in [0.1, 0.15) is 5.69 Å². The fraction of sp³-hybridized carbons (Fsp3) is 0.111. The van der Waals surface area contributed by atoms with Crippen molar-refractivity contribution in [3.05, 3.63) is 30.1 Å². The lowest BCUT2D eigenvalue weighted by atomic mass is 10.2. The Labute approximate surface area is 94.6 Å². The molecule has 0 aliphatic carbocycles. The fourth-order valence-electron chi connectivity index (χ4n) is 1.14. The minimum atomic E-state index is 0. The third kappa shape index (κ3) is 2.25. The zero-order valence-corrected chi connectivity index (χ0v) is 9.23. The van der Waals surface area contributed by atoms with E-state index >= 15 is 0 Å². The maximum atomic E-state index is 5.72. The normalized spacial score (nSPS) is 8.93. The van der Waals surface area contributed by atoms with Gasteiger partial charge in [0.25, 0.3) is 0 Å². The van der Waals surface area contributed by atoms with E-state index in [4.69, 9.17) is 5.73 Å². The number of nitrogen functional groups attached to an aromatic ring is 1. The minimum absolute atomic E-state index is 0. The van der Waals surface area contributed by atoms with Crippen molar-refractivity contribution in [2.24, 2.45) is 0 Å². The van der Waals surface area contributed by atoms with Crippen molar-refractivity contribution in [3.63, 3.8) is 0 Å². The molecule has 0 saturated carbocycles. The summed E-state index contributed by atoms with van der Waals surface area (Å²) in [4.78, 5) is 8.49. The van der Waals surface area contributed by atoms with Gasteiger partial charge in [-0.3, -0.25) is 4.98 Å². The number of nitrogens with two attached hydrogens (primary N) is 1. The predicted molar refractivity (Wildman–Crippen MR) is 63.2 cm³/mol. The van der Waals surface area contributed by atoms with E-state index in [1.807, 2.05) is 25.1 Å². The Hall–Kier alpha value is -1.06. The van der Waals surface area contributed by atoms with Crippen LogP contribution in [0.4, 0.5) is 5.69 Å². The molecule has 3 nitrogen and oxygen atoms in total. The molecule has 1 heterocycles. The summed E-state index contributed by atoms with van der Waals surface area (Å²) in [5.41, 5.74) is 8.93. The van der Waals surface area contributed by atoms with Gasteiger partial charge >= 0.3 is 0 Å². The number of anilines is 1. The highest BCUT2D eigenvalue weighted by Crippen LogP contribution is 2.15. The Bertz CT molecular complexity index is 431. The molecule has 2 rings (SSSR count). The van der Waals surface area contributed by atoms with E-state index in [2.05, 4.69) is 9.97 Å². The van der Waals surface area contributed by atoms with Gasteiger partial charge in [0.2, 0.25) is 0 Å². The molecule has 0 aliphatic heterocycles. The van der Waals surface area contributed by atoms with Crippen LogP contribution in [0.3, 0.4) is 0 Å². The number of aryl methyl sites for hydroxylation is 1. The molecule has 0 spiro atoms. The molecule has 0 amide bonds. The van der Waals surface area contributed by atoms with Gasteiger partial charge in [0, 0.05) is 6.20 Å². The molecule has 1 aromatic heterocycles. The van der Waals surface area contributed by atoms with Crippen molar-refractivity contribution < 1.29 is 0 Å². The van der Waals surface area contributed by atoms with Gasteiger partial charge in [-0.1, -0.05) is 6.07 Å². The van der Waals surface area contributed by atoms with E-state index in [1.54, 1.807) is 6.20 Å². The molecule has 0 radical (unpaired) electrons. The number of halogens is 2. The lowest BCUT2D eigenvalue weighted by molar-refractivity contribution is 1.19. The highest BCUT2D eigenvalue weighted by atomic mass is 35.5. The van der Waals surface area contributed by atoms with Crippen LogP contribution in [0.15, 0.2) is 24.4 Å². The largest absolute Gasteiger partial charge is 0.397 e. The van der Waals surface area contributed by atoms with Crippen LogP contribution in [0, 0.1) is 6.92 Å². The van der Waals surface area contributed by atoms with Crippen LogP contribution < -0.4 is 5.73 Å². The Morgan fingerprint density at radius 2 is 1.93 bits per heavy atom. The smallest absolute Gasteiger partial charge is 0.112 e.